The summed E-state index contributed by atoms with van der Waals surface area (Å²) in [7, 11) is 0. The zero-order valence-corrected chi connectivity index (χ0v) is 16.0. The standard InChI is InChI=1S/C21H23NO3S/c1-21(2)12-15-17(16(23)13-21)20(25-14-8-4-3-5-9-14)26-18(15)19(24)22-10-6-7-11-22/h3-5,8-9H,6-7,10-13H2,1-2H3. The number of hydrogen-bond donors (Lipinski definition) is 0. The van der Waals surface area contributed by atoms with Crippen LogP contribution in [0.2, 0.25) is 0 Å². The van der Waals surface area contributed by atoms with Gasteiger partial charge in [0.15, 0.2) is 10.8 Å². The molecule has 0 unspecified atom stereocenters. The van der Waals surface area contributed by atoms with E-state index in [1.54, 1.807) is 0 Å². The summed E-state index contributed by atoms with van der Waals surface area (Å²) in [5, 5.41) is 0.564. The lowest BCUT2D eigenvalue weighted by Crippen LogP contribution is -2.31. The molecule has 4 nitrogen and oxygen atoms in total. The molecule has 136 valence electrons. The number of ketones is 1. The van der Waals surface area contributed by atoms with Gasteiger partial charge in [-0.15, -0.1) is 0 Å². The summed E-state index contributed by atoms with van der Waals surface area (Å²) >= 11 is 1.34. The molecule has 0 radical (unpaired) electrons. The van der Waals surface area contributed by atoms with Gasteiger partial charge < -0.3 is 9.64 Å². The molecule has 0 spiro atoms. The minimum absolute atomic E-state index is 0.0529. The second-order valence-corrected chi connectivity index (χ2v) is 8.91. The lowest BCUT2D eigenvalue weighted by molar-refractivity contribution is 0.0795. The minimum atomic E-state index is -0.130. The molecule has 0 atom stereocenters. The maximum atomic E-state index is 13.1. The highest BCUT2D eigenvalue weighted by Gasteiger charge is 2.39. The summed E-state index contributed by atoms with van der Waals surface area (Å²) in [6.07, 6.45) is 3.32. The van der Waals surface area contributed by atoms with Gasteiger partial charge in [-0.1, -0.05) is 43.4 Å². The van der Waals surface area contributed by atoms with Crippen LogP contribution in [0.25, 0.3) is 0 Å². The molecule has 0 N–H and O–H groups in total. The molecule has 0 saturated carbocycles. The smallest absolute Gasteiger partial charge is 0.264 e. The Hall–Kier alpha value is -2.14. The molecule has 5 heteroatoms. The SMILES string of the molecule is CC1(C)CC(=O)c2c(Oc3ccccc3)sc(C(=O)N3CCCC3)c2C1. The number of fused-ring (bicyclic) bond motifs is 1. The predicted octanol–water partition coefficient (Wildman–Crippen LogP) is 4.93. The van der Waals surface area contributed by atoms with Crippen LogP contribution < -0.4 is 4.74 Å². The molecule has 1 amide bonds. The monoisotopic (exact) mass is 369 g/mol. The van der Waals surface area contributed by atoms with Crippen LogP contribution >= 0.6 is 11.3 Å². The van der Waals surface area contributed by atoms with Crippen molar-refractivity contribution in [2.24, 2.45) is 5.41 Å². The molecule has 1 aromatic heterocycles. The van der Waals surface area contributed by atoms with Crippen molar-refractivity contribution in [3.05, 3.63) is 46.3 Å². The van der Waals surface area contributed by atoms with Crippen LogP contribution in [0.15, 0.2) is 30.3 Å². The first kappa shape index (κ1) is 17.3. The van der Waals surface area contributed by atoms with Gasteiger partial charge in [-0.2, -0.15) is 0 Å². The van der Waals surface area contributed by atoms with Gasteiger partial charge in [-0.3, -0.25) is 9.59 Å². The Morgan fingerprint density at radius 3 is 2.50 bits per heavy atom. The Morgan fingerprint density at radius 2 is 1.81 bits per heavy atom. The molecule has 2 heterocycles. The summed E-state index contributed by atoms with van der Waals surface area (Å²) in [4.78, 5) is 28.5. The van der Waals surface area contributed by atoms with Crippen molar-refractivity contribution >= 4 is 23.0 Å². The third kappa shape index (κ3) is 3.16. The first-order valence-electron chi connectivity index (χ1n) is 9.16. The van der Waals surface area contributed by atoms with Crippen LogP contribution in [0, 0.1) is 5.41 Å². The summed E-state index contributed by atoms with van der Waals surface area (Å²) in [5.74, 6) is 0.824. The molecule has 4 rings (SSSR count). The lowest BCUT2D eigenvalue weighted by Gasteiger charge is -2.29. The van der Waals surface area contributed by atoms with Crippen molar-refractivity contribution < 1.29 is 14.3 Å². The molecule has 26 heavy (non-hydrogen) atoms. The number of amides is 1. The highest BCUT2D eigenvalue weighted by molar-refractivity contribution is 7.16. The van der Waals surface area contributed by atoms with Crippen molar-refractivity contribution in [2.75, 3.05) is 13.1 Å². The molecule has 0 bridgehead atoms. The van der Waals surface area contributed by atoms with Crippen LogP contribution in [0.4, 0.5) is 0 Å². The van der Waals surface area contributed by atoms with Gasteiger partial charge in [0.2, 0.25) is 0 Å². The number of ether oxygens (including phenoxy) is 1. The number of Topliss-reactive ketones (excluding diaryl/α,β-unsaturated/α-hetero) is 1. The van der Waals surface area contributed by atoms with E-state index in [2.05, 4.69) is 13.8 Å². The van der Waals surface area contributed by atoms with E-state index >= 15 is 0 Å². The van der Waals surface area contributed by atoms with Crippen molar-refractivity contribution in [2.45, 2.75) is 39.5 Å². The Kier molecular flexibility index (Phi) is 4.35. The summed E-state index contributed by atoms with van der Waals surface area (Å²) in [5.41, 5.74) is 1.38. The average Bonchev–Trinajstić information content (AvgIpc) is 3.23. The Morgan fingerprint density at radius 1 is 1.12 bits per heavy atom. The summed E-state index contributed by atoms with van der Waals surface area (Å²) in [6, 6.07) is 9.45. The van der Waals surface area contributed by atoms with Crippen molar-refractivity contribution in [1.82, 2.24) is 4.90 Å². The zero-order chi connectivity index (χ0) is 18.3. The van der Waals surface area contributed by atoms with Gasteiger partial charge in [0.05, 0.1) is 10.4 Å². The highest BCUT2D eigenvalue weighted by atomic mass is 32.1. The first-order valence-corrected chi connectivity index (χ1v) is 9.97. The lowest BCUT2D eigenvalue weighted by atomic mass is 9.74. The molecular formula is C21H23NO3S. The normalized spacial score (nSPS) is 18.7. The minimum Gasteiger partial charge on any atom is -0.446 e. The van der Waals surface area contributed by atoms with E-state index in [4.69, 9.17) is 4.74 Å². The first-order chi connectivity index (χ1) is 12.4. The van der Waals surface area contributed by atoms with Crippen LogP contribution in [-0.4, -0.2) is 29.7 Å². The van der Waals surface area contributed by atoms with E-state index < -0.39 is 0 Å². The molecule has 2 aromatic rings. The average molecular weight is 369 g/mol. The van der Waals surface area contributed by atoms with E-state index in [9.17, 15) is 9.59 Å². The largest absolute Gasteiger partial charge is 0.446 e. The molecule has 2 aliphatic rings. The van der Waals surface area contributed by atoms with E-state index in [0.717, 1.165) is 37.9 Å². The second kappa shape index (κ2) is 6.54. The number of thiophene rings is 1. The number of rotatable bonds is 3. The number of nitrogens with zero attached hydrogens (tertiary/aromatic N) is 1. The number of hydrogen-bond acceptors (Lipinski definition) is 4. The molecule has 1 aliphatic heterocycles. The summed E-state index contributed by atoms with van der Waals surface area (Å²) in [6.45, 7) is 5.79. The molecule has 1 fully saturated rings. The van der Waals surface area contributed by atoms with Crippen molar-refractivity contribution in [1.29, 1.82) is 0 Å². The van der Waals surface area contributed by atoms with E-state index in [-0.39, 0.29) is 17.1 Å². The van der Waals surface area contributed by atoms with Gasteiger partial charge in [0.1, 0.15) is 5.75 Å². The maximum absolute atomic E-state index is 13.1. The topological polar surface area (TPSA) is 46.6 Å². The number of likely N-dealkylation sites (tertiary alicyclic amines) is 1. The van der Waals surface area contributed by atoms with Crippen LogP contribution in [0.1, 0.15) is 58.7 Å². The third-order valence-corrected chi connectivity index (χ3v) is 6.19. The van der Waals surface area contributed by atoms with E-state index in [1.807, 2.05) is 35.2 Å². The van der Waals surface area contributed by atoms with Crippen LogP contribution in [0.5, 0.6) is 10.8 Å². The van der Waals surface area contributed by atoms with Gasteiger partial charge in [-0.05, 0) is 42.4 Å². The third-order valence-electron chi connectivity index (χ3n) is 5.09. The number of para-hydroxylation sites is 1. The fourth-order valence-corrected chi connectivity index (χ4v) is 5.04. The predicted molar refractivity (Wildman–Crippen MR) is 102 cm³/mol. The van der Waals surface area contributed by atoms with Crippen LogP contribution in [-0.2, 0) is 6.42 Å². The Balaban J connectivity index is 1.78. The highest BCUT2D eigenvalue weighted by Crippen LogP contribution is 2.46. The van der Waals surface area contributed by atoms with E-state index in [1.165, 1.54) is 11.3 Å². The molecule has 1 aliphatic carbocycles. The fraction of sp³-hybridized carbons (Fsp3) is 0.429. The molecular weight excluding hydrogens is 346 g/mol. The van der Waals surface area contributed by atoms with Crippen LogP contribution in [0.3, 0.4) is 0 Å². The van der Waals surface area contributed by atoms with Crippen molar-refractivity contribution in [3.63, 3.8) is 0 Å². The quantitative estimate of drug-likeness (QED) is 0.770. The van der Waals surface area contributed by atoms with Gasteiger partial charge in [0, 0.05) is 19.5 Å². The van der Waals surface area contributed by atoms with Gasteiger partial charge in [0.25, 0.3) is 5.91 Å². The van der Waals surface area contributed by atoms with Crippen molar-refractivity contribution in [3.8, 4) is 10.8 Å². The van der Waals surface area contributed by atoms with Gasteiger partial charge >= 0.3 is 0 Å². The Bertz CT molecular complexity index is 848. The number of benzene rings is 1. The number of carbonyl (C=O) groups is 2. The molecule has 1 aromatic carbocycles. The van der Waals surface area contributed by atoms with E-state index in [0.29, 0.717) is 27.7 Å². The fourth-order valence-electron chi connectivity index (χ4n) is 3.86. The molecule has 1 saturated heterocycles. The zero-order valence-electron chi connectivity index (χ0n) is 15.2. The second-order valence-electron chi connectivity index (χ2n) is 7.93. The maximum Gasteiger partial charge on any atom is 0.264 e. The summed E-state index contributed by atoms with van der Waals surface area (Å²) < 4.78 is 6.04. The van der Waals surface area contributed by atoms with Gasteiger partial charge in [-0.25, -0.2) is 0 Å². The number of carbonyl (C=O) groups excluding carboxylic acids is 2. The Labute approximate surface area is 157 Å².